The molecule has 0 aromatic heterocycles. The quantitative estimate of drug-likeness (QED) is 0.882. The van der Waals surface area contributed by atoms with E-state index in [4.69, 9.17) is 15.7 Å². The standard InChI is InChI=1S/C14H19N3O/c1-2-13(16)12-5-3-4-6-14(12)17-7-8-18-11(9-15)10-17/h3-6,11,13H,2,7-8,10,16H2,1H3/t11?,13-/m0/s1. The third-order valence-corrected chi connectivity index (χ3v) is 3.33. The van der Waals surface area contributed by atoms with Crippen molar-refractivity contribution in [2.45, 2.75) is 25.5 Å². The molecule has 0 saturated carbocycles. The third-order valence-electron chi connectivity index (χ3n) is 3.33. The molecule has 2 N–H and O–H groups in total. The zero-order chi connectivity index (χ0) is 13.0. The van der Waals surface area contributed by atoms with Gasteiger partial charge in [-0.15, -0.1) is 0 Å². The number of rotatable bonds is 3. The average molecular weight is 245 g/mol. The second-order valence-corrected chi connectivity index (χ2v) is 4.51. The van der Waals surface area contributed by atoms with Gasteiger partial charge in [0.05, 0.1) is 19.2 Å². The maximum Gasteiger partial charge on any atom is 0.161 e. The predicted octanol–water partition coefficient (Wildman–Crippen LogP) is 1.83. The molecule has 0 aliphatic carbocycles. The monoisotopic (exact) mass is 245 g/mol. The summed E-state index contributed by atoms with van der Waals surface area (Å²) < 4.78 is 5.37. The molecular formula is C14H19N3O. The Hall–Kier alpha value is -1.57. The lowest BCUT2D eigenvalue weighted by atomic mass is 10.0. The molecular weight excluding hydrogens is 226 g/mol. The molecule has 4 nitrogen and oxygen atoms in total. The molecule has 18 heavy (non-hydrogen) atoms. The van der Waals surface area contributed by atoms with Crippen molar-refractivity contribution in [2.24, 2.45) is 5.73 Å². The Kier molecular flexibility index (Phi) is 4.19. The minimum Gasteiger partial charge on any atom is -0.365 e. The summed E-state index contributed by atoms with van der Waals surface area (Å²) in [7, 11) is 0. The maximum absolute atomic E-state index is 8.95. The lowest BCUT2D eigenvalue weighted by Crippen LogP contribution is -2.42. The number of anilines is 1. The van der Waals surface area contributed by atoms with E-state index in [1.807, 2.05) is 12.1 Å². The largest absolute Gasteiger partial charge is 0.365 e. The van der Waals surface area contributed by atoms with Crippen LogP contribution in [0.2, 0.25) is 0 Å². The smallest absolute Gasteiger partial charge is 0.161 e. The van der Waals surface area contributed by atoms with Crippen molar-refractivity contribution in [2.75, 3.05) is 24.6 Å². The van der Waals surface area contributed by atoms with Crippen molar-refractivity contribution >= 4 is 5.69 Å². The maximum atomic E-state index is 8.95. The van der Waals surface area contributed by atoms with E-state index in [1.165, 1.54) is 0 Å². The summed E-state index contributed by atoms with van der Waals surface area (Å²) in [5.74, 6) is 0. The van der Waals surface area contributed by atoms with Gasteiger partial charge in [0.2, 0.25) is 0 Å². The van der Waals surface area contributed by atoms with E-state index in [2.05, 4.69) is 30.0 Å². The Morgan fingerprint density at radius 1 is 1.56 bits per heavy atom. The van der Waals surface area contributed by atoms with Gasteiger partial charge in [-0.05, 0) is 18.1 Å². The van der Waals surface area contributed by atoms with E-state index in [9.17, 15) is 0 Å². The number of hydrogen-bond donors (Lipinski definition) is 1. The summed E-state index contributed by atoms with van der Waals surface area (Å²) in [5.41, 5.74) is 8.43. The summed E-state index contributed by atoms with van der Waals surface area (Å²) >= 11 is 0. The van der Waals surface area contributed by atoms with Crippen molar-refractivity contribution in [3.05, 3.63) is 29.8 Å². The Labute approximate surface area is 108 Å². The lowest BCUT2D eigenvalue weighted by molar-refractivity contribution is 0.0764. The SMILES string of the molecule is CC[C@H](N)c1ccccc1N1CCOC(C#N)C1. The second kappa shape index (κ2) is 5.85. The summed E-state index contributed by atoms with van der Waals surface area (Å²) in [4.78, 5) is 2.20. The molecule has 1 fully saturated rings. The van der Waals surface area contributed by atoms with Gasteiger partial charge < -0.3 is 15.4 Å². The molecule has 0 amide bonds. The minimum absolute atomic E-state index is 0.0459. The Morgan fingerprint density at radius 2 is 2.33 bits per heavy atom. The number of nitrogens with two attached hydrogens (primary N) is 1. The molecule has 96 valence electrons. The fourth-order valence-electron chi connectivity index (χ4n) is 2.26. The molecule has 1 aliphatic rings. The molecule has 2 atom stereocenters. The minimum atomic E-state index is -0.343. The fraction of sp³-hybridized carbons (Fsp3) is 0.500. The zero-order valence-electron chi connectivity index (χ0n) is 10.7. The van der Waals surface area contributed by atoms with Crippen molar-refractivity contribution in [3.8, 4) is 6.07 Å². The van der Waals surface area contributed by atoms with Gasteiger partial charge in [-0.3, -0.25) is 0 Å². The van der Waals surface area contributed by atoms with Crippen LogP contribution in [-0.2, 0) is 4.74 Å². The van der Waals surface area contributed by atoms with Crippen LogP contribution < -0.4 is 10.6 Å². The molecule has 1 unspecified atom stereocenters. The first kappa shape index (κ1) is 12.9. The Bertz CT molecular complexity index is 441. The number of nitriles is 1. The van der Waals surface area contributed by atoms with Crippen LogP contribution in [0.1, 0.15) is 24.9 Å². The molecule has 0 spiro atoms. The van der Waals surface area contributed by atoms with Gasteiger partial charge in [-0.25, -0.2) is 0 Å². The van der Waals surface area contributed by atoms with Gasteiger partial charge in [0, 0.05) is 18.3 Å². The van der Waals surface area contributed by atoms with E-state index in [0.717, 1.165) is 24.2 Å². The van der Waals surface area contributed by atoms with E-state index in [1.54, 1.807) is 0 Å². The molecule has 1 aromatic rings. The first-order chi connectivity index (χ1) is 8.76. The van der Waals surface area contributed by atoms with Crippen molar-refractivity contribution in [3.63, 3.8) is 0 Å². The van der Waals surface area contributed by atoms with Gasteiger partial charge in [0.25, 0.3) is 0 Å². The van der Waals surface area contributed by atoms with Crippen molar-refractivity contribution < 1.29 is 4.74 Å². The highest BCUT2D eigenvalue weighted by Crippen LogP contribution is 2.28. The fourth-order valence-corrected chi connectivity index (χ4v) is 2.26. The average Bonchev–Trinajstić information content (AvgIpc) is 2.46. The second-order valence-electron chi connectivity index (χ2n) is 4.51. The van der Waals surface area contributed by atoms with Gasteiger partial charge in [0.1, 0.15) is 0 Å². The molecule has 1 heterocycles. The summed E-state index contributed by atoms with van der Waals surface area (Å²) in [6, 6.07) is 10.4. The van der Waals surface area contributed by atoms with E-state index >= 15 is 0 Å². The number of morpholine rings is 1. The highest BCUT2D eigenvalue weighted by Gasteiger charge is 2.22. The number of hydrogen-bond acceptors (Lipinski definition) is 4. The van der Waals surface area contributed by atoms with Crippen LogP contribution in [-0.4, -0.2) is 25.8 Å². The summed E-state index contributed by atoms with van der Waals surface area (Å²) in [6.45, 7) is 4.10. The number of nitrogens with zero attached hydrogens (tertiary/aromatic N) is 2. The van der Waals surface area contributed by atoms with E-state index in [0.29, 0.717) is 13.2 Å². The third kappa shape index (κ3) is 2.63. The van der Waals surface area contributed by atoms with Gasteiger partial charge in [-0.2, -0.15) is 5.26 Å². The van der Waals surface area contributed by atoms with Crippen molar-refractivity contribution in [1.29, 1.82) is 5.26 Å². The van der Waals surface area contributed by atoms with Crippen LogP contribution >= 0.6 is 0 Å². The van der Waals surface area contributed by atoms with Crippen LogP contribution in [0.4, 0.5) is 5.69 Å². The first-order valence-corrected chi connectivity index (χ1v) is 6.37. The van der Waals surface area contributed by atoms with Crippen LogP contribution in [0.15, 0.2) is 24.3 Å². The van der Waals surface area contributed by atoms with Crippen LogP contribution in [0.3, 0.4) is 0 Å². The summed E-state index contributed by atoms with van der Waals surface area (Å²) in [6.07, 6.45) is 0.563. The van der Waals surface area contributed by atoms with Crippen LogP contribution in [0.5, 0.6) is 0 Å². The van der Waals surface area contributed by atoms with Gasteiger partial charge >= 0.3 is 0 Å². The number of ether oxygens (including phenoxy) is 1. The topological polar surface area (TPSA) is 62.3 Å². The molecule has 1 aliphatic heterocycles. The van der Waals surface area contributed by atoms with Crippen LogP contribution in [0.25, 0.3) is 0 Å². The Balaban J connectivity index is 2.25. The van der Waals surface area contributed by atoms with Gasteiger partial charge in [0.15, 0.2) is 6.10 Å². The molecule has 0 radical (unpaired) electrons. The number of para-hydroxylation sites is 1. The lowest BCUT2D eigenvalue weighted by Gasteiger charge is -2.33. The zero-order valence-corrected chi connectivity index (χ0v) is 10.7. The van der Waals surface area contributed by atoms with Crippen molar-refractivity contribution in [1.82, 2.24) is 0 Å². The molecule has 1 aromatic carbocycles. The molecule has 0 bridgehead atoms. The van der Waals surface area contributed by atoms with Gasteiger partial charge in [-0.1, -0.05) is 25.1 Å². The molecule has 1 saturated heterocycles. The summed E-state index contributed by atoms with van der Waals surface area (Å²) in [5, 5.41) is 8.95. The predicted molar refractivity (Wildman–Crippen MR) is 71.2 cm³/mol. The number of benzene rings is 1. The highest BCUT2D eigenvalue weighted by atomic mass is 16.5. The Morgan fingerprint density at radius 3 is 3.06 bits per heavy atom. The molecule has 2 rings (SSSR count). The van der Waals surface area contributed by atoms with Crippen LogP contribution in [0, 0.1) is 11.3 Å². The van der Waals surface area contributed by atoms with E-state index < -0.39 is 0 Å². The molecule has 4 heteroatoms. The van der Waals surface area contributed by atoms with E-state index in [-0.39, 0.29) is 12.1 Å². The highest BCUT2D eigenvalue weighted by molar-refractivity contribution is 5.55. The first-order valence-electron chi connectivity index (χ1n) is 6.37. The normalized spacial score (nSPS) is 21.4.